The number of phenolic OH excluding ortho intramolecular Hbond substituents is 2. The van der Waals surface area contributed by atoms with Crippen LogP contribution in [-0.2, 0) is 0 Å². The summed E-state index contributed by atoms with van der Waals surface area (Å²) in [4.78, 5) is 2.34. The van der Waals surface area contributed by atoms with E-state index in [1.807, 2.05) is 6.92 Å². The fourth-order valence-corrected chi connectivity index (χ4v) is 1.99. The number of hydrogen-bond donors (Lipinski definition) is 3. The lowest BCUT2D eigenvalue weighted by molar-refractivity contribution is 0.297. The Morgan fingerprint density at radius 3 is 2.44 bits per heavy atom. The minimum Gasteiger partial charge on any atom is -0.508 e. The third-order valence-corrected chi connectivity index (χ3v) is 3.25. The van der Waals surface area contributed by atoms with Crippen LogP contribution >= 0.6 is 0 Å². The molecule has 4 heteroatoms. The second-order valence-corrected chi connectivity index (χ2v) is 4.45. The summed E-state index contributed by atoms with van der Waals surface area (Å²) in [6, 6.07) is 4.79. The first kappa shape index (κ1) is 14.8. The van der Waals surface area contributed by atoms with E-state index >= 15 is 0 Å². The molecule has 102 valence electrons. The Hall–Kier alpha value is -1.26. The maximum absolute atomic E-state index is 9.75. The van der Waals surface area contributed by atoms with Crippen molar-refractivity contribution in [2.24, 2.45) is 0 Å². The summed E-state index contributed by atoms with van der Waals surface area (Å²) in [7, 11) is 0. The quantitative estimate of drug-likeness (QED) is 0.695. The molecule has 0 fully saturated rings. The highest BCUT2D eigenvalue weighted by atomic mass is 16.3. The van der Waals surface area contributed by atoms with Crippen molar-refractivity contribution < 1.29 is 10.2 Å². The number of phenols is 2. The zero-order valence-electron chi connectivity index (χ0n) is 11.5. The average Bonchev–Trinajstić information content (AvgIpc) is 2.34. The molecule has 0 radical (unpaired) electrons. The van der Waals surface area contributed by atoms with Crippen LogP contribution in [0.4, 0.5) is 0 Å². The molecule has 1 aromatic carbocycles. The predicted octanol–water partition coefficient (Wildman–Crippen LogP) is 2.09. The van der Waals surface area contributed by atoms with Gasteiger partial charge in [-0.15, -0.1) is 0 Å². The van der Waals surface area contributed by atoms with Gasteiger partial charge in [0, 0.05) is 30.8 Å². The standard InChI is InChI=1S/C14H24N2O2/c1-4-16(5-2)9-8-15-11(3)13-7-6-12(17)10-14(13)18/h6-7,10-11,15,17-18H,4-5,8-9H2,1-3H3. The Bertz CT molecular complexity index is 365. The van der Waals surface area contributed by atoms with Crippen LogP contribution in [-0.4, -0.2) is 41.3 Å². The number of nitrogens with zero attached hydrogens (tertiary/aromatic N) is 1. The van der Waals surface area contributed by atoms with E-state index in [4.69, 9.17) is 0 Å². The molecule has 18 heavy (non-hydrogen) atoms. The Balaban J connectivity index is 2.47. The molecule has 1 unspecified atom stereocenters. The molecule has 0 heterocycles. The van der Waals surface area contributed by atoms with Crippen LogP contribution in [0.25, 0.3) is 0 Å². The van der Waals surface area contributed by atoms with Crippen LogP contribution in [0, 0.1) is 0 Å². The van der Waals surface area contributed by atoms with Crippen molar-refractivity contribution in [1.82, 2.24) is 10.2 Å². The largest absolute Gasteiger partial charge is 0.508 e. The summed E-state index contributed by atoms with van der Waals surface area (Å²) in [5.74, 6) is 0.226. The van der Waals surface area contributed by atoms with Crippen molar-refractivity contribution in [3.8, 4) is 11.5 Å². The second-order valence-electron chi connectivity index (χ2n) is 4.45. The van der Waals surface area contributed by atoms with E-state index in [-0.39, 0.29) is 17.5 Å². The molecule has 0 amide bonds. The number of benzene rings is 1. The van der Waals surface area contributed by atoms with Gasteiger partial charge >= 0.3 is 0 Å². The minimum absolute atomic E-state index is 0.0705. The Kier molecular flexibility index (Phi) is 5.95. The lowest BCUT2D eigenvalue weighted by Gasteiger charge is -2.21. The zero-order chi connectivity index (χ0) is 13.5. The smallest absolute Gasteiger partial charge is 0.124 e. The molecule has 1 rings (SSSR count). The fraction of sp³-hybridized carbons (Fsp3) is 0.571. The second kappa shape index (κ2) is 7.24. The molecule has 0 saturated heterocycles. The Morgan fingerprint density at radius 1 is 1.22 bits per heavy atom. The maximum Gasteiger partial charge on any atom is 0.124 e. The van der Waals surface area contributed by atoms with Gasteiger partial charge in [0.25, 0.3) is 0 Å². The van der Waals surface area contributed by atoms with Gasteiger partial charge in [0.15, 0.2) is 0 Å². The van der Waals surface area contributed by atoms with Gasteiger partial charge in [-0.25, -0.2) is 0 Å². The molecule has 0 saturated carbocycles. The van der Waals surface area contributed by atoms with Crippen LogP contribution in [0.1, 0.15) is 32.4 Å². The molecule has 4 nitrogen and oxygen atoms in total. The lowest BCUT2D eigenvalue weighted by atomic mass is 10.1. The molecule has 0 aliphatic rings. The van der Waals surface area contributed by atoms with E-state index < -0.39 is 0 Å². The van der Waals surface area contributed by atoms with E-state index in [2.05, 4.69) is 24.1 Å². The predicted molar refractivity (Wildman–Crippen MR) is 74.0 cm³/mol. The maximum atomic E-state index is 9.75. The van der Waals surface area contributed by atoms with E-state index in [1.54, 1.807) is 12.1 Å². The van der Waals surface area contributed by atoms with Gasteiger partial charge in [0.2, 0.25) is 0 Å². The lowest BCUT2D eigenvalue weighted by Crippen LogP contribution is -2.33. The van der Waals surface area contributed by atoms with Gasteiger partial charge in [-0.1, -0.05) is 19.9 Å². The van der Waals surface area contributed by atoms with E-state index in [0.29, 0.717) is 0 Å². The third-order valence-electron chi connectivity index (χ3n) is 3.25. The number of nitrogens with one attached hydrogen (secondary N) is 1. The summed E-state index contributed by atoms with van der Waals surface area (Å²) >= 11 is 0. The van der Waals surface area contributed by atoms with Gasteiger partial charge in [-0.2, -0.15) is 0 Å². The van der Waals surface area contributed by atoms with Gasteiger partial charge in [0.05, 0.1) is 0 Å². The summed E-state index contributed by atoms with van der Waals surface area (Å²) in [6.45, 7) is 10.3. The van der Waals surface area contributed by atoms with Crippen molar-refractivity contribution in [1.29, 1.82) is 0 Å². The van der Waals surface area contributed by atoms with Crippen molar-refractivity contribution in [3.05, 3.63) is 23.8 Å². The first-order chi connectivity index (χ1) is 8.58. The molecule has 0 aliphatic heterocycles. The molecule has 0 spiro atoms. The van der Waals surface area contributed by atoms with Crippen LogP contribution < -0.4 is 5.32 Å². The number of likely N-dealkylation sites (N-methyl/N-ethyl adjacent to an activating group) is 1. The van der Waals surface area contributed by atoms with Gasteiger partial charge < -0.3 is 20.4 Å². The summed E-state index contributed by atoms with van der Waals surface area (Å²) in [5, 5.41) is 22.4. The molecule has 0 aromatic heterocycles. The molecule has 1 aromatic rings. The molecular weight excluding hydrogens is 228 g/mol. The first-order valence-corrected chi connectivity index (χ1v) is 6.56. The highest BCUT2D eigenvalue weighted by Crippen LogP contribution is 2.27. The van der Waals surface area contributed by atoms with Crippen molar-refractivity contribution in [3.63, 3.8) is 0 Å². The highest BCUT2D eigenvalue weighted by molar-refractivity contribution is 5.40. The monoisotopic (exact) mass is 252 g/mol. The van der Waals surface area contributed by atoms with Gasteiger partial charge in [0.1, 0.15) is 11.5 Å². The van der Waals surface area contributed by atoms with Crippen LogP contribution in [0.5, 0.6) is 11.5 Å². The van der Waals surface area contributed by atoms with Crippen LogP contribution in [0.3, 0.4) is 0 Å². The Labute approximate surface area is 109 Å². The Morgan fingerprint density at radius 2 is 1.89 bits per heavy atom. The topological polar surface area (TPSA) is 55.7 Å². The van der Waals surface area contributed by atoms with E-state index in [9.17, 15) is 10.2 Å². The number of aromatic hydroxyl groups is 2. The summed E-state index contributed by atoms with van der Waals surface area (Å²) < 4.78 is 0. The minimum atomic E-state index is 0.0705. The molecule has 0 aliphatic carbocycles. The van der Waals surface area contributed by atoms with Gasteiger partial charge in [-0.05, 0) is 26.1 Å². The van der Waals surface area contributed by atoms with Crippen molar-refractivity contribution in [2.45, 2.75) is 26.8 Å². The normalized spacial score (nSPS) is 12.9. The first-order valence-electron chi connectivity index (χ1n) is 6.56. The van der Waals surface area contributed by atoms with Crippen LogP contribution in [0.2, 0.25) is 0 Å². The van der Waals surface area contributed by atoms with Crippen molar-refractivity contribution >= 4 is 0 Å². The van der Waals surface area contributed by atoms with E-state index in [1.165, 1.54) is 6.07 Å². The van der Waals surface area contributed by atoms with Crippen molar-refractivity contribution in [2.75, 3.05) is 26.2 Å². The van der Waals surface area contributed by atoms with E-state index in [0.717, 1.165) is 31.7 Å². The van der Waals surface area contributed by atoms with Crippen LogP contribution in [0.15, 0.2) is 18.2 Å². The fourth-order valence-electron chi connectivity index (χ4n) is 1.99. The number of rotatable bonds is 7. The molecule has 3 N–H and O–H groups in total. The zero-order valence-corrected chi connectivity index (χ0v) is 11.5. The third kappa shape index (κ3) is 4.20. The molecule has 0 bridgehead atoms. The number of hydrogen-bond acceptors (Lipinski definition) is 4. The molecule has 1 atom stereocenters. The summed E-state index contributed by atoms with van der Waals surface area (Å²) in [6.07, 6.45) is 0. The average molecular weight is 252 g/mol. The van der Waals surface area contributed by atoms with Gasteiger partial charge in [-0.3, -0.25) is 0 Å². The summed E-state index contributed by atoms with van der Waals surface area (Å²) in [5.41, 5.74) is 0.812. The molecular formula is C14H24N2O2. The SMILES string of the molecule is CCN(CC)CCNC(C)c1ccc(O)cc1O. The highest BCUT2D eigenvalue weighted by Gasteiger charge is 2.10.